The van der Waals surface area contributed by atoms with Crippen molar-refractivity contribution in [2.45, 2.75) is 18.3 Å². The number of rotatable bonds is 2. The molecule has 1 rings (SSSR count). The summed E-state index contributed by atoms with van der Waals surface area (Å²) < 4.78 is 4.89. The number of likely N-dealkylation sites (N-methyl/N-ethyl adjacent to an activating group) is 1. The predicted molar refractivity (Wildman–Crippen MR) is 41.5 cm³/mol. The van der Waals surface area contributed by atoms with E-state index in [-0.39, 0.29) is 6.61 Å². The van der Waals surface area contributed by atoms with Crippen molar-refractivity contribution in [3.63, 3.8) is 0 Å². The number of aliphatic hydroxyl groups is 2. The molecule has 6 heteroatoms. The molecule has 0 bridgehead atoms. The fraction of sp³-hybridized carbons (Fsp3) is 0.857. The molecular formula is C7H13NO5. The van der Waals surface area contributed by atoms with Crippen molar-refractivity contribution in [2.75, 3.05) is 20.8 Å². The molecule has 3 atom stereocenters. The number of carbonyl (C=O) groups is 1. The van der Waals surface area contributed by atoms with Crippen LogP contribution in [0.5, 0.6) is 0 Å². The van der Waals surface area contributed by atoms with Gasteiger partial charge in [-0.05, 0) is 0 Å². The van der Waals surface area contributed by atoms with Crippen LogP contribution in [0.1, 0.15) is 0 Å². The molecule has 0 radical (unpaired) electrons. The van der Waals surface area contributed by atoms with E-state index in [0.717, 1.165) is 5.06 Å². The molecule has 0 spiro atoms. The Labute approximate surface area is 75.6 Å². The Morgan fingerprint density at radius 2 is 2.23 bits per heavy atom. The fourth-order valence-corrected chi connectivity index (χ4v) is 1.09. The number of hydroxylamine groups is 2. The maximum Gasteiger partial charge on any atom is 0.277 e. The summed E-state index contributed by atoms with van der Waals surface area (Å²) in [6, 6.07) is 0. The van der Waals surface area contributed by atoms with Gasteiger partial charge in [0.1, 0.15) is 12.2 Å². The van der Waals surface area contributed by atoms with Gasteiger partial charge in [-0.3, -0.25) is 9.63 Å². The number of amides is 1. The standard InChI is InChI=1S/C7H13NO5/c1-8(12-2)7(11)6-5(10)4(9)3-13-6/h4-6,9-10H,3H2,1-2H3/t4-,5-,6-/m0/s1. The number of ether oxygens (including phenoxy) is 1. The Morgan fingerprint density at radius 3 is 2.62 bits per heavy atom. The number of carbonyl (C=O) groups excluding carboxylic acids is 1. The molecule has 0 saturated carbocycles. The van der Waals surface area contributed by atoms with E-state index in [2.05, 4.69) is 4.84 Å². The van der Waals surface area contributed by atoms with Gasteiger partial charge in [0.05, 0.1) is 13.7 Å². The molecule has 1 saturated heterocycles. The van der Waals surface area contributed by atoms with Gasteiger partial charge in [0.15, 0.2) is 6.10 Å². The molecular weight excluding hydrogens is 178 g/mol. The van der Waals surface area contributed by atoms with E-state index < -0.39 is 24.2 Å². The van der Waals surface area contributed by atoms with Crippen LogP contribution in [0.4, 0.5) is 0 Å². The summed E-state index contributed by atoms with van der Waals surface area (Å²) in [5.74, 6) is -0.508. The minimum Gasteiger partial charge on any atom is -0.388 e. The number of hydrogen-bond acceptors (Lipinski definition) is 5. The predicted octanol–water partition coefficient (Wildman–Crippen LogP) is -1.87. The highest BCUT2D eigenvalue weighted by atomic mass is 16.7. The second kappa shape index (κ2) is 4.01. The maximum absolute atomic E-state index is 11.3. The van der Waals surface area contributed by atoms with Crippen molar-refractivity contribution >= 4 is 5.91 Å². The van der Waals surface area contributed by atoms with Crippen LogP contribution in [-0.4, -0.2) is 60.3 Å². The normalized spacial score (nSPS) is 33.4. The lowest BCUT2D eigenvalue weighted by Crippen LogP contribution is -2.43. The third kappa shape index (κ3) is 1.97. The number of hydrogen-bond donors (Lipinski definition) is 2. The van der Waals surface area contributed by atoms with Crippen LogP contribution in [0.2, 0.25) is 0 Å². The molecule has 0 aliphatic carbocycles. The summed E-state index contributed by atoms with van der Waals surface area (Å²) >= 11 is 0. The summed E-state index contributed by atoms with van der Waals surface area (Å²) in [5.41, 5.74) is 0. The average molecular weight is 191 g/mol. The molecule has 1 aliphatic heterocycles. The quantitative estimate of drug-likeness (QED) is 0.500. The summed E-state index contributed by atoms with van der Waals surface area (Å²) in [5, 5.41) is 19.3. The highest BCUT2D eigenvalue weighted by molar-refractivity contribution is 5.80. The van der Waals surface area contributed by atoms with Crippen LogP contribution >= 0.6 is 0 Å². The van der Waals surface area contributed by atoms with E-state index in [1.54, 1.807) is 0 Å². The molecule has 1 amide bonds. The first kappa shape index (κ1) is 10.4. The van der Waals surface area contributed by atoms with Gasteiger partial charge >= 0.3 is 0 Å². The van der Waals surface area contributed by atoms with Gasteiger partial charge in [-0.25, -0.2) is 5.06 Å². The minimum atomic E-state index is -1.18. The van der Waals surface area contributed by atoms with Crippen LogP contribution < -0.4 is 0 Å². The molecule has 0 unspecified atom stereocenters. The summed E-state index contributed by atoms with van der Waals surface area (Å²) in [4.78, 5) is 16.0. The Kier molecular flexibility index (Phi) is 3.21. The Morgan fingerprint density at radius 1 is 1.62 bits per heavy atom. The molecule has 1 aliphatic rings. The lowest BCUT2D eigenvalue weighted by Gasteiger charge is -2.19. The highest BCUT2D eigenvalue weighted by Gasteiger charge is 2.41. The van der Waals surface area contributed by atoms with Crippen molar-refractivity contribution < 1.29 is 24.6 Å². The van der Waals surface area contributed by atoms with E-state index >= 15 is 0 Å². The van der Waals surface area contributed by atoms with E-state index in [0.29, 0.717) is 0 Å². The minimum absolute atomic E-state index is 0.0326. The molecule has 6 nitrogen and oxygen atoms in total. The van der Waals surface area contributed by atoms with Crippen molar-refractivity contribution in [1.82, 2.24) is 5.06 Å². The molecule has 0 aromatic rings. The zero-order chi connectivity index (χ0) is 10.0. The molecule has 1 fully saturated rings. The van der Waals surface area contributed by atoms with Crippen molar-refractivity contribution in [2.24, 2.45) is 0 Å². The monoisotopic (exact) mass is 191 g/mol. The molecule has 76 valence electrons. The van der Waals surface area contributed by atoms with Gasteiger partial charge in [-0.2, -0.15) is 0 Å². The largest absolute Gasteiger partial charge is 0.388 e. The molecule has 13 heavy (non-hydrogen) atoms. The first-order valence-electron chi connectivity index (χ1n) is 3.87. The Hall–Kier alpha value is -0.690. The molecule has 0 aromatic carbocycles. The van der Waals surface area contributed by atoms with E-state index in [1.165, 1.54) is 14.2 Å². The van der Waals surface area contributed by atoms with Crippen molar-refractivity contribution in [3.8, 4) is 0 Å². The summed E-state index contributed by atoms with van der Waals surface area (Å²) in [6.45, 7) is -0.0326. The molecule has 0 aromatic heterocycles. The lowest BCUT2D eigenvalue weighted by atomic mass is 10.1. The second-order valence-corrected chi connectivity index (χ2v) is 2.83. The third-order valence-electron chi connectivity index (χ3n) is 1.98. The fourth-order valence-electron chi connectivity index (χ4n) is 1.09. The number of nitrogens with zero attached hydrogens (tertiary/aromatic N) is 1. The smallest absolute Gasteiger partial charge is 0.277 e. The van der Waals surface area contributed by atoms with Crippen LogP contribution in [0, 0.1) is 0 Å². The van der Waals surface area contributed by atoms with Crippen LogP contribution in [0.15, 0.2) is 0 Å². The zero-order valence-corrected chi connectivity index (χ0v) is 7.51. The van der Waals surface area contributed by atoms with Crippen LogP contribution in [0.25, 0.3) is 0 Å². The second-order valence-electron chi connectivity index (χ2n) is 2.83. The summed E-state index contributed by atoms with van der Waals surface area (Å²) in [7, 11) is 2.73. The summed E-state index contributed by atoms with van der Waals surface area (Å²) in [6.07, 6.45) is -3.20. The zero-order valence-electron chi connectivity index (χ0n) is 7.51. The van der Waals surface area contributed by atoms with E-state index in [4.69, 9.17) is 9.84 Å². The SMILES string of the molecule is CON(C)C(=O)[C@H]1OC[C@H](O)[C@@H]1O. The topological polar surface area (TPSA) is 79.2 Å². The number of aliphatic hydroxyl groups excluding tert-OH is 2. The first-order chi connectivity index (χ1) is 6.07. The molecule has 1 heterocycles. The molecule has 2 N–H and O–H groups in total. The maximum atomic E-state index is 11.3. The van der Waals surface area contributed by atoms with E-state index in [9.17, 15) is 9.90 Å². The van der Waals surface area contributed by atoms with Crippen molar-refractivity contribution in [1.29, 1.82) is 0 Å². The lowest BCUT2D eigenvalue weighted by molar-refractivity contribution is -0.182. The van der Waals surface area contributed by atoms with Crippen LogP contribution in [0.3, 0.4) is 0 Å². The Balaban J connectivity index is 2.58. The van der Waals surface area contributed by atoms with Gasteiger partial charge in [-0.15, -0.1) is 0 Å². The highest BCUT2D eigenvalue weighted by Crippen LogP contribution is 2.15. The van der Waals surface area contributed by atoms with Gasteiger partial charge < -0.3 is 14.9 Å². The van der Waals surface area contributed by atoms with E-state index in [1.807, 2.05) is 0 Å². The van der Waals surface area contributed by atoms with Gasteiger partial charge in [0.2, 0.25) is 0 Å². The Bertz CT molecular complexity index is 197. The van der Waals surface area contributed by atoms with Crippen molar-refractivity contribution in [3.05, 3.63) is 0 Å². The van der Waals surface area contributed by atoms with Gasteiger partial charge in [0, 0.05) is 7.05 Å². The van der Waals surface area contributed by atoms with Gasteiger partial charge in [-0.1, -0.05) is 0 Å². The average Bonchev–Trinajstić information content (AvgIpc) is 2.45. The third-order valence-corrected chi connectivity index (χ3v) is 1.98. The van der Waals surface area contributed by atoms with Crippen LogP contribution in [-0.2, 0) is 14.4 Å². The first-order valence-corrected chi connectivity index (χ1v) is 3.87. The van der Waals surface area contributed by atoms with Gasteiger partial charge in [0.25, 0.3) is 5.91 Å².